The highest BCUT2D eigenvalue weighted by Crippen LogP contribution is 2.39. The summed E-state index contributed by atoms with van der Waals surface area (Å²) in [5.41, 5.74) is 0.182. The Hall–Kier alpha value is -1.95. The van der Waals surface area contributed by atoms with Crippen molar-refractivity contribution in [2.75, 3.05) is 13.7 Å². The molecule has 0 radical (unpaired) electrons. The minimum absolute atomic E-state index is 0.162. The van der Waals surface area contributed by atoms with Gasteiger partial charge in [-0.05, 0) is 12.1 Å². The Morgan fingerprint density at radius 1 is 1.41 bits per heavy atom. The highest BCUT2D eigenvalue weighted by Gasteiger charge is 2.45. The summed E-state index contributed by atoms with van der Waals surface area (Å²) < 4.78 is 47.4. The lowest BCUT2D eigenvalue weighted by Gasteiger charge is -2.32. The van der Waals surface area contributed by atoms with Crippen LogP contribution in [-0.2, 0) is 15.0 Å². The van der Waals surface area contributed by atoms with E-state index in [2.05, 4.69) is 14.7 Å². The number of aliphatic hydroxyl groups is 2. The van der Waals surface area contributed by atoms with Gasteiger partial charge < -0.3 is 19.9 Å². The average Bonchev–Trinajstić information content (AvgIpc) is 3.13. The van der Waals surface area contributed by atoms with Crippen molar-refractivity contribution in [1.29, 1.82) is 0 Å². The first-order valence-corrected chi connectivity index (χ1v) is 10.4. The standard InChI is InChI=1S/C17H16Cl2FN3O5S/c1-28-16-10(6-11(20)15(18)22-16)17(19,14(25)8-24)23-29(26,27)13-7-21-12-5-3-2-4-9(12)13/h2-7,14,21,23-25H,8H2,1H3. The van der Waals surface area contributed by atoms with Crippen LogP contribution < -0.4 is 9.46 Å². The number of para-hydroxylation sites is 1. The molecule has 4 N–H and O–H groups in total. The number of alkyl halides is 1. The van der Waals surface area contributed by atoms with Gasteiger partial charge in [0.25, 0.3) is 0 Å². The van der Waals surface area contributed by atoms with Crippen LogP contribution in [0.4, 0.5) is 4.39 Å². The summed E-state index contributed by atoms with van der Waals surface area (Å²) in [6.07, 6.45) is -0.645. The van der Waals surface area contributed by atoms with Crippen molar-refractivity contribution < 1.29 is 27.8 Å². The molecule has 0 amide bonds. The van der Waals surface area contributed by atoms with Crippen LogP contribution in [0.3, 0.4) is 0 Å². The summed E-state index contributed by atoms with van der Waals surface area (Å²) in [4.78, 5) is 3.90. The molecule has 8 nitrogen and oxygen atoms in total. The van der Waals surface area contributed by atoms with Gasteiger partial charge in [0, 0.05) is 17.1 Å². The van der Waals surface area contributed by atoms with E-state index in [0.717, 1.165) is 6.07 Å². The van der Waals surface area contributed by atoms with Gasteiger partial charge in [-0.25, -0.2) is 12.8 Å². The first kappa shape index (κ1) is 21.8. The van der Waals surface area contributed by atoms with Gasteiger partial charge in [0.1, 0.15) is 11.0 Å². The molecule has 0 aliphatic heterocycles. The van der Waals surface area contributed by atoms with E-state index in [1.807, 2.05) is 0 Å². The van der Waals surface area contributed by atoms with Gasteiger partial charge in [-0.1, -0.05) is 41.4 Å². The van der Waals surface area contributed by atoms with Crippen LogP contribution in [0.15, 0.2) is 41.4 Å². The number of nitrogens with zero attached hydrogens (tertiary/aromatic N) is 1. The van der Waals surface area contributed by atoms with E-state index in [1.165, 1.54) is 13.3 Å². The van der Waals surface area contributed by atoms with Gasteiger partial charge in [-0.2, -0.15) is 9.71 Å². The highest BCUT2D eigenvalue weighted by atomic mass is 35.5. The molecule has 3 rings (SSSR count). The molecule has 2 aromatic heterocycles. The molecule has 2 unspecified atom stereocenters. The lowest BCUT2D eigenvalue weighted by atomic mass is 10.0. The topological polar surface area (TPSA) is 125 Å². The number of aromatic nitrogens is 2. The molecule has 3 aromatic rings. The largest absolute Gasteiger partial charge is 0.481 e. The van der Waals surface area contributed by atoms with Gasteiger partial charge in [-0.15, -0.1) is 0 Å². The van der Waals surface area contributed by atoms with Crippen LogP contribution in [0.25, 0.3) is 10.9 Å². The molecule has 0 saturated carbocycles. The van der Waals surface area contributed by atoms with Gasteiger partial charge in [-0.3, -0.25) is 0 Å². The second-order valence-electron chi connectivity index (χ2n) is 6.03. The van der Waals surface area contributed by atoms with Gasteiger partial charge in [0.15, 0.2) is 16.0 Å². The van der Waals surface area contributed by atoms with E-state index in [0.29, 0.717) is 10.9 Å². The fourth-order valence-corrected chi connectivity index (χ4v) is 4.88. The number of hydrogen-bond donors (Lipinski definition) is 4. The van der Waals surface area contributed by atoms with Gasteiger partial charge in [0.2, 0.25) is 15.9 Å². The molecule has 2 atom stereocenters. The molecule has 29 heavy (non-hydrogen) atoms. The summed E-state index contributed by atoms with van der Waals surface area (Å²) in [6, 6.07) is 7.39. The van der Waals surface area contributed by atoms with Crippen molar-refractivity contribution in [3.05, 3.63) is 53.1 Å². The second kappa shape index (κ2) is 8.05. The summed E-state index contributed by atoms with van der Waals surface area (Å²) in [5, 5.41) is 19.6. The molecule has 0 saturated heterocycles. The number of aromatic amines is 1. The molecular weight excluding hydrogens is 448 g/mol. The normalized spacial score (nSPS) is 15.2. The molecule has 12 heteroatoms. The third kappa shape index (κ3) is 3.91. The van der Waals surface area contributed by atoms with Crippen LogP contribution in [0.5, 0.6) is 5.88 Å². The molecule has 0 fully saturated rings. The predicted octanol–water partition coefficient (Wildman–Crippen LogP) is 2.09. The van der Waals surface area contributed by atoms with E-state index in [-0.39, 0.29) is 16.3 Å². The van der Waals surface area contributed by atoms with Crippen LogP contribution in [0, 0.1) is 5.82 Å². The van der Waals surface area contributed by atoms with Crippen molar-refractivity contribution in [2.24, 2.45) is 0 Å². The minimum Gasteiger partial charge on any atom is -0.481 e. The van der Waals surface area contributed by atoms with Crippen molar-refractivity contribution in [1.82, 2.24) is 14.7 Å². The Kier molecular flexibility index (Phi) is 6.04. The molecule has 1 aromatic carbocycles. The maximum absolute atomic E-state index is 14.1. The zero-order valence-corrected chi connectivity index (χ0v) is 17.2. The summed E-state index contributed by atoms with van der Waals surface area (Å²) in [5.74, 6) is -1.36. The summed E-state index contributed by atoms with van der Waals surface area (Å²) >= 11 is 12.1. The molecular formula is C17H16Cl2FN3O5S. The van der Waals surface area contributed by atoms with Crippen molar-refractivity contribution in [3.8, 4) is 5.88 Å². The van der Waals surface area contributed by atoms with Crippen molar-refractivity contribution in [2.45, 2.75) is 16.0 Å². The third-order valence-corrected chi connectivity index (χ3v) is 6.67. The number of hydrogen-bond acceptors (Lipinski definition) is 6. The fourth-order valence-electron chi connectivity index (χ4n) is 2.81. The maximum Gasteiger partial charge on any atom is 0.244 e. The molecule has 0 bridgehead atoms. The van der Waals surface area contributed by atoms with Crippen molar-refractivity contribution in [3.63, 3.8) is 0 Å². The zero-order chi connectivity index (χ0) is 21.4. The van der Waals surface area contributed by atoms with Crippen LogP contribution >= 0.6 is 23.2 Å². The molecule has 2 heterocycles. The van der Waals surface area contributed by atoms with Crippen LogP contribution in [0.2, 0.25) is 5.15 Å². The van der Waals surface area contributed by atoms with E-state index in [9.17, 15) is 23.0 Å². The summed E-state index contributed by atoms with van der Waals surface area (Å²) in [6.45, 7) is -0.951. The van der Waals surface area contributed by atoms with Gasteiger partial charge >= 0.3 is 0 Å². The SMILES string of the molecule is COc1nc(Cl)c(F)cc1C(Cl)(NS(=O)(=O)c1c[nH]c2ccccc12)C(O)CO. The predicted molar refractivity (Wildman–Crippen MR) is 105 cm³/mol. The van der Waals surface area contributed by atoms with Gasteiger partial charge in [0.05, 0.1) is 19.3 Å². The monoisotopic (exact) mass is 463 g/mol. The quantitative estimate of drug-likeness (QED) is 0.241. The Morgan fingerprint density at radius 3 is 2.76 bits per heavy atom. The molecule has 0 aliphatic carbocycles. The molecule has 0 aliphatic rings. The number of benzene rings is 1. The number of sulfonamides is 1. The lowest BCUT2D eigenvalue weighted by Crippen LogP contribution is -2.51. The molecule has 156 valence electrons. The maximum atomic E-state index is 14.1. The summed E-state index contributed by atoms with van der Waals surface area (Å²) in [7, 11) is -3.20. The number of rotatable bonds is 7. The van der Waals surface area contributed by atoms with Crippen molar-refractivity contribution >= 4 is 44.1 Å². The number of ether oxygens (including phenoxy) is 1. The van der Waals surface area contributed by atoms with E-state index in [1.54, 1.807) is 24.3 Å². The fraction of sp³-hybridized carbons (Fsp3) is 0.235. The third-order valence-electron chi connectivity index (χ3n) is 4.24. The van der Waals surface area contributed by atoms with E-state index < -0.39 is 38.7 Å². The first-order chi connectivity index (χ1) is 13.6. The minimum atomic E-state index is -4.38. The first-order valence-electron chi connectivity index (χ1n) is 8.12. The Morgan fingerprint density at radius 2 is 2.10 bits per heavy atom. The van der Waals surface area contributed by atoms with E-state index in [4.69, 9.17) is 27.9 Å². The Labute approximate surface area is 175 Å². The zero-order valence-electron chi connectivity index (χ0n) is 14.9. The molecule has 0 spiro atoms. The number of methoxy groups -OCH3 is 1. The Bertz CT molecular complexity index is 1160. The van der Waals surface area contributed by atoms with E-state index >= 15 is 0 Å². The Balaban J connectivity index is 2.16. The average molecular weight is 464 g/mol. The number of fused-ring (bicyclic) bond motifs is 1. The number of aliphatic hydroxyl groups excluding tert-OH is 2. The number of H-pyrrole nitrogens is 1. The van der Waals surface area contributed by atoms with Crippen LogP contribution in [-0.4, -0.2) is 48.4 Å². The number of pyridine rings is 1. The highest BCUT2D eigenvalue weighted by molar-refractivity contribution is 7.89. The smallest absolute Gasteiger partial charge is 0.244 e. The second-order valence-corrected chi connectivity index (χ2v) is 8.64. The number of halogens is 3. The lowest BCUT2D eigenvalue weighted by molar-refractivity contribution is 0.0530. The number of nitrogens with one attached hydrogen (secondary N) is 2. The van der Waals surface area contributed by atoms with Crippen LogP contribution in [0.1, 0.15) is 5.56 Å².